The van der Waals surface area contributed by atoms with E-state index < -0.39 is 0 Å². The number of fused-ring (bicyclic) bond motifs is 2. The van der Waals surface area contributed by atoms with Gasteiger partial charge in [0.25, 0.3) is 5.91 Å². The number of amides is 1. The minimum atomic E-state index is -0.0839. The summed E-state index contributed by atoms with van der Waals surface area (Å²) in [6, 6.07) is 6.19. The standard InChI is InChI=1S/C25H31N5O/c1-25(2)15-28-23(31)19-5-4-17(12-21(19)25)18-6-7-22-20(18)14-27-24(29-22)26-13-16-8-10-30(3)11-9-16/h4-6,12,14,16H,7-11,13,15H2,1-3H3,(H,28,31)(H,26,27,29). The zero-order valence-electron chi connectivity index (χ0n) is 18.7. The minimum absolute atomic E-state index is 0.0188. The maximum absolute atomic E-state index is 12.3. The molecule has 1 amide bonds. The van der Waals surface area contributed by atoms with Crippen molar-refractivity contribution < 1.29 is 4.79 Å². The van der Waals surface area contributed by atoms with E-state index in [0.29, 0.717) is 12.5 Å². The molecule has 2 aromatic rings. The number of anilines is 1. The van der Waals surface area contributed by atoms with Gasteiger partial charge in [-0.25, -0.2) is 9.97 Å². The van der Waals surface area contributed by atoms with Gasteiger partial charge >= 0.3 is 0 Å². The number of carbonyl (C=O) groups is 1. The molecule has 6 heteroatoms. The van der Waals surface area contributed by atoms with Crippen LogP contribution in [-0.4, -0.2) is 54.0 Å². The van der Waals surface area contributed by atoms with Gasteiger partial charge in [-0.05, 0) is 67.7 Å². The van der Waals surface area contributed by atoms with Gasteiger partial charge in [0.2, 0.25) is 5.95 Å². The van der Waals surface area contributed by atoms with Crippen molar-refractivity contribution in [1.82, 2.24) is 20.2 Å². The molecule has 1 aliphatic carbocycles. The van der Waals surface area contributed by atoms with E-state index in [0.717, 1.165) is 46.9 Å². The van der Waals surface area contributed by atoms with Crippen LogP contribution in [-0.2, 0) is 11.8 Å². The Hall–Kier alpha value is -2.73. The molecule has 0 saturated carbocycles. The topological polar surface area (TPSA) is 70.2 Å². The van der Waals surface area contributed by atoms with E-state index >= 15 is 0 Å². The van der Waals surface area contributed by atoms with E-state index in [1.165, 1.54) is 31.5 Å². The molecular weight excluding hydrogens is 386 g/mol. The summed E-state index contributed by atoms with van der Waals surface area (Å²) in [5.41, 5.74) is 6.29. The van der Waals surface area contributed by atoms with Crippen molar-refractivity contribution in [3.63, 3.8) is 0 Å². The highest BCUT2D eigenvalue weighted by molar-refractivity contribution is 5.98. The van der Waals surface area contributed by atoms with Crippen molar-refractivity contribution in [2.24, 2.45) is 5.92 Å². The smallest absolute Gasteiger partial charge is 0.251 e. The highest BCUT2D eigenvalue weighted by Crippen LogP contribution is 2.36. The molecule has 0 radical (unpaired) electrons. The fraction of sp³-hybridized carbons (Fsp3) is 0.480. The summed E-state index contributed by atoms with van der Waals surface area (Å²) in [6.07, 6.45) is 7.46. The molecule has 0 spiro atoms. The van der Waals surface area contributed by atoms with Crippen LogP contribution in [0.25, 0.3) is 5.57 Å². The highest BCUT2D eigenvalue weighted by atomic mass is 16.1. The predicted octanol–water partition coefficient (Wildman–Crippen LogP) is 3.24. The number of benzene rings is 1. The first-order chi connectivity index (χ1) is 14.9. The number of hydrogen-bond donors (Lipinski definition) is 2. The summed E-state index contributed by atoms with van der Waals surface area (Å²) in [4.78, 5) is 24.1. The van der Waals surface area contributed by atoms with Crippen molar-refractivity contribution in [1.29, 1.82) is 0 Å². The summed E-state index contributed by atoms with van der Waals surface area (Å²) < 4.78 is 0. The van der Waals surface area contributed by atoms with Gasteiger partial charge in [-0.15, -0.1) is 0 Å². The third kappa shape index (κ3) is 3.85. The maximum atomic E-state index is 12.3. The molecule has 3 aliphatic rings. The van der Waals surface area contributed by atoms with Gasteiger partial charge in [0.1, 0.15) is 0 Å². The second-order valence-electron chi connectivity index (χ2n) is 9.83. The number of rotatable bonds is 4. The molecule has 1 fully saturated rings. The van der Waals surface area contributed by atoms with Gasteiger partial charge in [-0.2, -0.15) is 0 Å². The van der Waals surface area contributed by atoms with Crippen LogP contribution in [0.1, 0.15) is 59.4 Å². The molecule has 2 N–H and O–H groups in total. The molecule has 31 heavy (non-hydrogen) atoms. The molecule has 5 rings (SSSR count). The molecule has 0 bridgehead atoms. The van der Waals surface area contributed by atoms with Crippen molar-refractivity contribution in [3.8, 4) is 0 Å². The zero-order chi connectivity index (χ0) is 21.6. The van der Waals surface area contributed by atoms with Crippen molar-refractivity contribution >= 4 is 17.4 Å². The van der Waals surface area contributed by atoms with Gasteiger partial charge in [-0.3, -0.25) is 4.79 Å². The molecule has 2 aliphatic heterocycles. The second-order valence-corrected chi connectivity index (χ2v) is 9.83. The Morgan fingerprint density at radius 1 is 1.23 bits per heavy atom. The second kappa shape index (κ2) is 7.75. The largest absolute Gasteiger partial charge is 0.354 e. The molecule has 1 saturated heterocycles. The SMILES string of the molecule is CN1CCC(CNc2ncc3c(n2)CC=C3c2ccc3c(c2)C(C)(C)CNC3=O)CC1. The van der Waals surface area contributed by atoms with Gasteiger partial charge in [-0.1, -0.05) is 26.0 Å². The average Bonchev–Trinajstić information content (AvgIpc) is 3.19. The molecule has 3 heterocycles. The van der Waals surface area contributed by atoms with Crippen LogP contribution in [0.15, 0.2) is 30.5 Å². The van der Waals surface area contributed by atoms with E-state index in [4.69, 9.17) is 4.98 Å². The number of nitrogens with one attached hydrogen (secondary N) is 2. The van der Waals surface area contributed by atoms with Crippen molar-refractivity contribution in [2.75, 3.05) is 38.5 Å². The molecule has 0 unspecified atom stereocenters. The van der Waals surface area contributed by atoms with E-state index in [1.807, 2.05) is 18.3 Å². The average molecular weight is 418 g/mol. The number of nitrogens with zero attached hydrogens (tertiary/aromatic N) is 3. The van der Waals surface area contributed by atoms with E-state index in [-0.39, 0.29) is 11.3 Å². The first-order valence-corrected chi connectivity index (χ1v) is 11.3. The van der Waals surface area contributed by atoms with E-state index in [9.17, 15) is 4.79 Å². The molecule has 0 atom stereocenters. The quantitative estimate of drug-likeness (QED) is 0.799. The summed E-state index contributed by atoms with van der Waals surface area (Å²) >= 11 is 0. The lowest BCUT2D eigenvalue weighted by Gasteiger charge is -2.33. The summed E-state index contributed by atoms with van der Waals surface area (Å²) in [7, 11) is 2.19. The monoisotopic (exact) mass is 417 g/mol. The molecule has 1 aromatic heterocycles. The van der Waals surface area contributed by atoms with Crippen molar-refractivity contribution in [3.05, 3.63) is 58.4 Å². The molecular formula is C25H31N5O. The van der Waals surface area contributed by atoms with Crippen LogP contribution in [0.4, 0.5) is 5.95 Å². The first-order valence-electron chi connectivity index (χ1n) is 11.3. The number of allylic oxidation sites excluding steroid dienone is 1. The van der Waals surface area contributed by atoms with E-state index in [2.05, 4.69) is 53.6 Å². The normalized spacial score (nSPS) is 20.6. The summed E-state index contributed by atoms with van der Waals surface area (Å²) in [5, 5.41) is 6.46. The Bertz CT molecular complexity index is 1050. The lowest BCUT2D eigenvalue weighted by Crippen LogP contribution is -2.43. The molecule has 1 aromatic carbocycles. The first kappa shape index (κ1) is 20.2. The predicted molar refractivity (Wildman–Crippen MR) is 123 cm³/mol. The number of carbonyl (C=O) groups excluding carboxylic acids is 1. The fourth-order valence-corrected chi connectivity index (χ4v) is 4.93. The third-order valence-corrected chi connectivity index (χ3v) is 7.04. The Balaban J connectivity index is 1.34. The maximum Gasteiger partial charge on any atom is 0.251 e. The number of hydrogen-bond acceptors (Lipinski definition) is 5. The van der Waals surface area contributed by atoms with Gasteiger partial charge in [0, 0.05) is 42.2 Å². The Morgan fingerprint density at radius 3 is 2.84 bits per heavy atom. The molecule has 162 valence electrons. The fourth-order valence-electron chi connectivity index (χ4n) is 4.93. The Labute approximate surface area is 184 Å². The molecule has 6 nitrogen and oxygen atoms in total. The van der Waals surface area contributed by atoms with Crippen LogP contribution in [0.2, 0.25) is 0 Å². The van der Waals surface area contributed by atoms with E-state index in [1.54, 1.807) is 0 Å². The lowest BCUT2D eigenvalue weighted by atomic mass is 9.77. The van der Waals surface area contributed by atoms with Crippen LogP contribution < -0.4 is 10.6 Å². The highest BCUT2D eigenvalue weighted by Gasteiger charge is 2.32. The van der Waals surface area contributed by atoms with Gasteiger partial charge in [0.15, 0.2) is 0 Å². The summed E-state index contributed by atoms with van der Waals surface area (Å²) in [6.45, 7) is 8.30. The van der Waals surface area contributed by atoms with Crippen LogP contribution in [0.5, 0.6) is 0 Å². The number of piperidine rings is 1. The van der Waals surface area contributed by atoms with Crippen LogP contribution in [0, 0.1) is 5.92 Å². The minimum Gasteiger partial charge on any atom is -0.354 e. The van der Waals surface area contributed by atoms with Crippen LogP contribution in [0.3, 0.4) is 0 Å². The number of aromatic nitrogens is 2. The zero-order valence-corrected chi connectivity index (χ0v) is 18.7. The third-order valence-electron chi connectivity index (χ3n) is 7.04. The van der Waals surface area contributed by atoms with Crippen LogP contribution >= 0.6 is 0 Å². The number of likely N-dealkylation sites (tertiary alicyclic amines) is 1. The van der Waals surface area contributed by atoms with Crippen molar-refractivity contribution in [2.45, 2.75) is 38.5 Å². The lowest BCUT2D eigenvalue weighted by molar-refractivity contribution is 0.0930. The Morgan fingerprint density at radius 2 is 2.03 bits per heavy atom. The Kier molecular flexibility index (Phi) is 5.05. The summed E-state index contributed by atoms with van der Waals surface area (Å²) in [5.74, 6) is 1.44. The van der Waals surface area contributed by atoms with Gasteiger partial charge in [0.05, 0.1) is 5.69 Å². The van der Waals surface area contributed by atoms with Gasteiger partial charge < -0.3 is 15.5 Å².